The number of anilines is 2. The Labute approximate surface area is 347 Å². The van der Waals surface area contributed by atoms with E-state index in [0.29, 0.717) is 94.9 Å². The lowest BCUT2D eigenvalue weighted by molar-refractivity contribution is -0.141. The van der Waals surface area contributed by atoms with Crippen LogP contribution < -0.4 is 10.2 Å². The van der Waals surface area contributed by atoms with Crippen LogP contribution in [0.15, 0.2) is 60.7 Å². The predicted octanol–water partition coefficient (Wildman–Crippen LogP) is 4.78. The van der Waals surface area contributed by atoms with Crippen LogP contribution in [0.5, 0.6) is 5.75 Å². The summed E-state index contributed by atoms with van der Waals surface area (Å²) in [4.78, 5) is 74.2. The van der Waals surface area contributed by atoms with E-state index in [9.17, 15) is 29.1 Å². The zero-order chi connectivity index (χ0) is 41.9. The zero-order valence-corrected chi connectivity index (χ0v) is 34.6. The van der Waals surface area contributed by atoms with Crippen molar-refractivity contribution in [3.05, 3.63) is 88.5 Å². The average Bonchev–Trinajstić information content (AvgIpc) is 3.27. The van der Waals surface area contributed by atoms with Gasteiger partial charge in [0.2, 0.25) is 6.41 Å². The molecule has 3 saturated heterocycles. The number of aromatic hydroxyl groups is 1. The van der Waals surface area contributed by atoms with Crippen LogP contribution in [0.4, 0.5) is 16.2 Å². The molecule has 3 aliphatic heterocycles. The smallest absolute Gasteiger partial charge is 0.410 e. The number of ether oxygens (including phenoxy) is 2. The van der Waals surface area contributed by atoms with E-state index >= 15 is 0 Å². The van der Waals surface area contributed by atoms with E-state index in [4.69, 9.17) is 9.47 Å². The Morgan fingerprint density at radius 3 is 2.15 bits per heavy atom. The molecule has 3 heterocycles. The Balaban J connectivity index is 1.03. The number of carbonyl (C=O) groups is 5. The van der Waals surface area contributed by atoms with E-state index in [2.05, 4.69) is 16.3 Å². The number of phenols is 1. The van der Waals surface area contributed by atoms with Gasteiger partial charge in [-0.25, -0.2) is 9.59 Å². The molecule has 14 nitrogen and oxygen atoms in total. The van der Waals surface area contributed by atoms with Gasteiger partial charge in [-0.05, 0) is 105 Å². The van der Waals surface area contributed by atoms with Gasteiger partial charge >= 0.3 is 12.1 Å². The molecule has 3 fully saturated rings. The fraction of sp³-hybridized carbons (Fsp3) is 0.489. The summed E-state index contributed by atoms with van der Waals surface area (Å²) in [6.45, 7) is 7.92. The molecule has 316 valence electrons. The van der Waals surface area contributed by atoms with Gasteiger partial charge < -0.3 is 44.4 Å². The van der Waals surface area contributed by atoms with Crippen molar-refractivity contribution < 1.29 is 38.6 Å². The number of likely N-dealkylation sites (tertiary alicyclic amines) is 2. The van der Waals surface area contributed by atoms with Crippen LogP contribution in [0.2, 0.25) is 0 Å². The fourth-order valence-electron chi connectivity index (χ4n) is 8.33. The minimum Gasteiger partial charge on any atom is -0.507 e. The molecule has 0 radical (unpaired) electrons. The highest BCUT2D eigenvalue weighted by Gasteiger charge is 2.34. The molecule has 3 aromatic carbocycles. The van der Waals surface area contributed by atoms with Gasteiger partial charge in [0, 0.05) is 89.8 Å². The number of aryl methyl sites for hydroxylation is 2. The van der Waals surface area contributed by atoms with E-state index < -0.39 is 18.2 Å². The number of piperazine rings is 1. The topological polar surface area (TPSA) is 152 Å². The quantitative estimate of drug-likeness (QED) is 0.172. The highest BCUT2D eigenvalue weighted by Crippen LogP contribution is 2.26. The number of phenolic OH excluding ortho intramolecular Hbond substituents is 1. The summed E-state index contributed by atoms with van der Waals surface area (Å²) in [7, 11) is 1.88. The van der Waals surface area contributed by atoms with Crippen molar-refractivity contribution in [3.8, 4) is 5.75 Å². The van der Waals surface area contributed by atoms with E-state index in [0.717, 1.165) is 48.2 Å². The number of hydrogen-bond acceptors (Lipinski definition) is 10. The molecule has 3 aromatic rings. The van der Waals surface area contributed by atoms with Gasteiger partial charge in [-0.15, -0.1) is 0 Å². The van der Waals surface area contributed by atoms with Crippen LogP contribution in [-0.4, -0.2) is 140 Å². The largest absolute Gasteiger partial charge is 0.507 e. The average molecular weight is 811 g/mol. The van der Waals surface area contributed by atoms with Gasteiger partial charge in [0.25, 0.3) is 11.8 Å². The molecule has 0 spiro atoms. The van der Waals surface area contributed by atoms with Crippen molar-refractivity contribution in [2.45, 2.75) is 70.9 Å². The summed E-state index contributed by atoms with van der Waals surface area (Å²) in [6.07, 6.45) is 4.34. The maximum Gasteiger partial charge on any atom is 0.410 e. The van der Waals surface area contributed by atoms with Gasteiger partial charge in [-0.2, -0.15) is 0 Å². The molecular formula is C45H58N6O8. The van der Waals surface area contributed by atoms with Gasteiger partial charge in [0.1, 0.15) is 5.75 Å². The molecule has 0 saturated carbocycles. The number of piperidine rings is 2. The molecule has 4 amide bonds. The van der Waals surface area contributed by atoms with Gasteiger partial charge in [0.05, 0.1) is 5.56 Å². The number of amides is 4. The van der Waals surface area contributed by atoms with Crippen molar-refractivity contribution in [1.82, 2.24) is 19.6 Å². The summed E-state index contributed by atoms with van der Waals surface area (Å²) in [6, 6.07) is 18.7. The number of benzene rings is 3. The summed E-state index contributed by atoms with van der Waals surface area (Å²) < 4.78 is 11.4. The summed E-state index contributed by atoms with van der Waals surface area (Å²) >= 11 is 0. The minimum atomic E-state index is -1.08. The Kier molecular flexibility index (Phi) is 14.7. The van der Waals surface area contributed by atoms with Crippen LogP contribution in [0.3, 0.4) is 0 Å². The third kappa shape index (κ3) is 11.0. The summed E-state index contributed by atoms with van der Waals surface area (Å²) in [5.74, 6) is -0.821. The number of nitrogens with one attached hydrogen (secondary N) is 1. The van der Waals surface area contributed by atoms with Gasteiger partial charge in [-0.3, -0.25) is 14.4 Å². The van der Waals surface area contributed by atoms with Crippen LogP contribution in [-0.2, 0) is 36.7 Å². The van der Waals surface area contributed by atoms with Crippen molar-refractivity contribution in [2.24, 2.45) is 0 Å². The van der Waals surface area contributed by atoms with E-state index in [-0.39, 0.29) is 36.6 Å². The molecule has 14 heteroatoms. The minimum absolute atomic E-state index is 0.0139. The SMILES string of the molecule is CNc1ccccc1CCN(C=O)C1CCN(C(=O)O[C@H](Cc2cc(C)c(O)c(C)c2)C(=O)N2CCN(c3ccc(C(=O)OCC(=O)N4CCCCC4)cc3)CC2)CC1. The molecule has 3 aliphatic rings. The molecule has 0 unspecified atom stereocenters. The van der Waals surface area contributed by atoms with Crippen molar-refractivity contribution in [1.29, 1.82) is 0 Å². The van der Waals surface area contributed by atoms with Crippen LogP contribution in [0, 0.1) is 13.8 Å². The maximum absolute atomic E-state index is 14.2. The molecule has 1 atom stereocenters. The molecule has 0 aromatic heterocycles. The van der Waals surface area contributed by atoms with Gasteiger partial charge in [0.15, 0.2) is 12.7 Å². The number of nitrogens with zero attached hydrogens (tertiary/aromatic N) is 5. The highest BCUT2D eigenvalue weighted by molar-refractivity contribution is 5.91. The first-order chi connectivity index (χ1) is 28.5. The van der Waals surface area contributed by atoms with Crippen molar-refractivity contribution in [3.63, 3.8) is 0 Å². The third-order valence-electron chi connectivity index (χ3n) is 11.8. The molecule has 0 aliphatic carbocycles. The van der Waals surface area contributed by atoms with Crippen LogP contribution >= 0.6 is 0 Å². The second-order valence-electron chi connectivity index (χ2n) is 15.8. The first-order valence-corrected chi connectivity index (χ1v) is 20.8. The second-order valence-corrected chi connectivity index (χ2v) is 15.8. The van der Waals surface area contributed by atoms with E-state index in [1.807, 2.05) is 54.4 Å². The lowest BCUT2D eigenvalue weighted by Gasteiger charge is -2.38. The molecular weight excluding hydrogens is 753 g/mol. The molecule has 2 N–H and O–H groups in total. The van der Waals surface area contributed by atoms with E-state index in [1.165, 1.54) is 0 Å². The lowest BCUT2D eigenvalue weighted by atomic mass is 10.0. The molecule has 59 heavy (non-hydrogen) atoms. The number of para-hydroxylation sites is 1. The Morgan fingerprint density at radius 1 is 0.847 bits per heavy atom. The third-order valence-corrected chi connectivity index (χ3v) is 11.8. The summed E-state index contributed by atoms with van der Waals surface area (Å²) in [5, 5.41) is 13.6. The zero-order valence-electron chi connectivity index (χ0n) is 34.6. The standard InChI is InChI=1S/C45H58N6O8/c1-32-27-34(28-33(2)42(32)54)29-40(59-45(57)50-21-16-38(17-22-50)51(31-52)20-15-35-9-5-6-10-39(35)46-3)43(55)49-25-23-47(24-26-49)37-13-11-36(12-14-37)44(56)58-30-41(53)48-18-7-4-8-19-48/h5-6,9-14,27-28,31,38,40,46,54H,4,7-8,15-26,29-30H2,1-3H3/t40-/m1/s1. The normalized spacial score (nSPS) is 16.6. The Morgan fingerprint density at radius 2 is 1.51 bits per heavy atom. The Bertz CT molecular complexity index is 1910. The second kappa shape index (κ2) is 20.3. The van der Waals surface area contributed by atoms with Crippen molar-refractivity contribution >= 4 is 41.7 Å². The number of carbonyl (C=O) groups excluding carboxylic acids is 5. The number of esters is 1. The fourth-order valence-corrected chi connectivity index (χ4v) is 8.33. The molecule has 6 rings (SSSR count). The lowest BCUT2D eigenvalue weighted by Crippen LogP contribution is -2.53. The van der Waals surface area contributed by atoms with Crippen LogP contribution in [0.1, 0.15) is 64.7 Å². The first kappa shape index (κ1) is 42.8. The monoisotopic (exact) mass is 810 g/mol. The number of hydrogen-bond donors (Lipinski definition) is 2. The van der Waals surface area contributed by atoms with Crippen LogP contribution in [0.25, 0.3) is 0 Å². The molecule has 0 bridgehead atoms. The number of rotatable bonds is 14. The van der Waals surface area contributed by atoms with Crippen molar-refractivity contribution in [2.75, 3.05) is 82.8 Å². The maximum atomic E-state index is 14.2. The highest BCUT2D eigenvalue weighted by atomic mass is 16.6. The predicted molar refractivity (Wildman–Crippen MR) is 225 cm³/mol. The van der Waals surface area contributed by atoms with Gasteiger partial charge in [-0.1, -0.05) is 30.3 Å². The first-order valence-electron chi connectivity index (χ1n) is 20.8. The summed E-state index contributed by atoms with van der Waals surface area (Å²) in [5.41, 5.74) is 5.53. The Hall–Kier alpha value is -5.79. The van der Waals surface area contributed by atoms with E-state index in [1.54, 1.807) is 40.7 Å².